The Bertz CT molecular complexity index is 378. The van der Waals surface area contributed by atoms with E-state index in [0.717, 1.165) is 5.75 Å². The third-order valence-corrected chi connectivity index (χ3v) is 2.92. The van der Waals surface area contributed by atoms with Crippen molar-refractivity contribution >= 4 is 16.9 Å². The molecule has 2 nitrogen and oxygen atoms in total. The molecule has 0 bridgehead atoms. The third kappa shape index (κ3) is 4.71. The molecule has 0 heterocycles. The van der Waals surface area contributed by atoms with Crippen molar-refractivity contribution in [3.8, 4) is 0 Å². The Morgan fingerprint density at radius 3 is 2.50 bits per heavy atom. The molecule has 2 N–H and O–H groups in total. The molecule has 0 aliphatic rings. The Morgan fingerprint density at radius 2 is 1.94 bits per heavy atom. The van der Waals surface area contributed by atoms with Gasteiger partial charge in [0.15, 0.2) is 5.17 Å². The zero-order valence-corrected chi connectivity index (χ0v) is 11.3. The van der Waals surface area contributed by atoms with E-state index in [2.05, 4.69) is 36.2 Å². The summed E-state index contributed by atoms with van der Waals surface area (Å²) >= 11 is 1.60. The number of aryl methyl sites for hydroxylation is 1. The Kier molecular flexibility index (Phi) is 4.42. The van der Waals surface area contributed by atoms with Gasteiger partial charge in [0, 0.05) is 5.75 Å². The van der Waals surface area contributed by atoms with Crippen molar-refractivity contribution in [2.45, 2.75) is 39.0 Å². The topological polar surface area (TPSA) is 38.4 Å². The summed E-state index contributed by atoms with van der Waals surface area (Å²) in [5.74, 6) is 0.887. The van der Waals surface area contributed by atoms with Crippen LogP contribution in [0.4, 0.5) is 0 Å². The molecule has 0 atom stereocenters. The zero-order valence-electron chi connectivity index (χ0n) is 10.4. The predicted molar refractivity (Wildman–Crippen MR) is 73.8 cm³/mol. The lowest BCUT2D eigenvalue weighted by Gasteiger charge is -2.13. The van der Waals surface area contributed by atoms with E-state index in [4.69, 9.17) is 5.73 Å². The van der Waals surface area contributed by atoms with Crippen molar-refractivity contribution in [1.29, 1.82) is 0 Å². The molecule has 0 aliphatic carbocycles. The number of amidine groups is 1. The van der Waals surface area contributed by atoms with E-state index in [1.165, 1.54) is 11.1 Å². The molecule has 0 saturated carbocycles. The Balaban J connectivity index is 2.59. The maximum atomic E-state index is 5.87. The minimum atomic E-state index is -0.0944. The average molecular weight is 236 g/mol. The second-order valence-electron chi connectivity index (χ2n) is 4.84. The van der Waals surface area contributed by atoms with Gasteiger partial charge in [0.25, 0.3) is 0 Å². The second kappa shape index (κ2) is 5.39. The van der Waals surface area contributed by atoms with Crippen molar-refractivity contribution in [2.24, 2.45) is 10.7 Å². The van der Waals surface area contributed by atoms with Gasteiger partial charge in [0.1, 0.15) is 0 Å². The SMILES string of the molecule is Cc1ccccc1CSC(N)=NC(C)(C)C. The lowest BCUT2D eigenvalue weighted by atomic mass is 10.1. The summed E-state index contributed by atoms with van der Waals surface area (Å²) in [6.07, 6.45) is 0. The molecule has 3 heteroatoms. The van der Waals surface area contributed by atoms with E-state index >= 15 is 0 Å². The molecule has 1 aromatic carbocycles. The fourth-order valence-electron chi connectivity index (χ4n) is 1.29. The van der Waals surface area contributed by atoms with Crippen LogP contribution in [0.5, 0.6) is 0 Å². The van der Waals surface area contributed by atoms with E-state index < -0.39 is 0 Å². The fourth-order valence-corrected chi connectivity index (χ4v) is 2.25. The number of benzene rings is 1. The van der Waals surface area contributed by atoms with Crippen LogP contribution in [0.25, 0.3) is 0 Å². The molecule has 0 aliphatic heterocycles. The zero-order chi connectivity index (χ0) is 12.2. The van der Waals surface area contributed by atoms with Gasteiger partial charge in [-0.1, -0.05) is 36.0 Å². The van der Waals surface area contributed by atoms with Crippen LogP contribution < -0.4 is 5.73 Å². The Hall–Kier alpha value is -0.960. The average Bonchev–Trinajstić information content (AvgIpc) is 2.14. The molecule has 1 aromatic rings. The highest BCUT2D eigenvalue weighted by Gasteiger charge is 2.08. The molecule has 88 valence electrons. The third-order valence-electron chi connectivity index (χ3n) is 2.08. The van der Waals surface area contributed by atoms with Crippen LogP contribution in [0.1, 0.15) is 31.9 Å². The summed E-state index contributed by atoms with van der Waals surface area (Å²) in [5.41, 5.74) is 8.40. The van der Waals surface area contributed by atoms with Gasteiger partial charge in [-0.2, -0.15) is 0 Å². The predicted octanol–water partition coefficient (Wildman–Crippen LogP) is 3.34. The van der Waals surface area contributed by atoms with Gasteiger partial charge in [-0.25, -0.2) is 0 Å². The normalized spacial score (nSPS) is 12.9. The van der Waals surface area contributed by atoms with Crippen LogP contribution in [0.3, 0.4) is 0 Å². The van der Waals surface area contributed by atoms with Gasteiger partial charge in [-0.3, -0.25) is 4.99 Å². The first-order chi connectivity index (χ1) is 7.38. The van der Waals surface area contributed by atoms with Gasteiger partial charge in [0.2, 0.25) is 0 Å². The smallest absolute Gasteiger partial charge is 0.154 e. The van der Waals surface area contributed by atoms with Crippen molar-refractivity contribution in [1.82, 2.24) is 0 Å². The van der Waals surface area contributed by atoms with E-state index in [1.807, 2.05) is 20.8 Å². The minimum Gasteiger partial charge on any atom is -0.379 e. The molecule has 0 spiro atoms. The Labute approximate surface area is 102 Å². The van der Waals surface area contributed by atoms with E-state index in [0.29, 0.717) is 5.17 Å². The molecule has 1 rings (SSSR count). The molecular weight excluding hydrogens is 216 g/mol. The molecule has 16 heavy (non-hydrogen) atoms. The highest BCUT2D eigenvalue weighted by Crippen LogP contribution is 2.17. The number of aliphatic imine (C=N–C) groups is 1. The quantitative estimate of drug-likeness (QED) is 0.632. The number of thioether (sulfide) groups is 1. The number of hydrogen-bond donors (Lipinski definition) is 1. The number of nitrogens with zero attached hydrogens (tertiary/aromatic N) is 1. The highest BCUT2D eigenvalue weighted by molar-refractivity contribution is 8.13. The van der Waals surface area contributed by atoms with Crippen LogP contribution in [0.2, 0.25) is 0 Å². The summed E-state index contributed by atoms with van der Waals surface area (Å²) in [4.78, 5) is 4.41. The molecular formula is C13H20N2S. The number of hydrogen-bond acceptors (Lipinski definition) is 2. The summed E-state index contributed by atoms with van der Waals surface area (Å²) in [7, 11) is 0. The van der Waals surface area contributed by atoms with E-state index in [1.54, 1.807) is 11.8 Å². The lowest BCUT2D eigenvalue weighted by molar-refractivity contribution is 0.585. The number of rotatable bonds is 2. The molecule has 0 fully saturated rings. The molecule has 0 unspecified atom stereocenters. The molecule has 0 aromatic heterocycles. The van der Waals surface area contributed by atoms with Crippen LogP contribution in [-0.4, -0.2) is 10.7 Å². The van der Waals surface area contributed by atoms with E-state index in [9.17, 15) is 0 Å². The monoisotopic (exact) mass is 236 g/mol. The molecule has 0 amide bonds. The van der Waals surface area contributed by atoms with Crippen LogP contribution in [0.15, 0.2) is 29.3 Å². The van der Waals surface area contributed by atoms with Crippen LogP contribution in [0, 0.1) is 6.92 Å². The van der Waals surface area contributed by atoms with E-state index in [-0.39, 0.29) is 5.54 Å². The first-order valence-electron chi connectivity index (χ1n) is 5.41. The first-order valence-corrected chi connectivity index (χ1v) is 6.40. The summed E-state index contributed by atoms with van der Waals surface area (Å²) in [5, 5.41) is 0.663. The second-order valence-corrected chi connectivity index (χ2v) is 5.83. The maximum absolute atomic E-state index is 5.87. The molecule has 0 radical (unpaired) electrons. The summed E-state index contributed by atoms with van der Waals surface area (Å²) < 4.78 is 0. The summed E-state index contributed by atoms with van der Waals surface area (Å²) in [6.45, 7) is 8.27. The lowest BCUT2D eigenvalue weighted by Crippen LogP contribution is -2.17. The standard InChI is InChI=1S/C13H20N2S/c1-10-7-5-6-8-11(10)9-16-12(14)15-13(2,3)4/h5-8H,9H2,1-4H3,(H2,14,15). The van der Waals surface area contributed by atoms with Gasteiger partial charge in [0.05, 0.1) is 5.54 Å². The van der Waals surface area contributed by atoms with Crippen LogP contribution >= 0.6 is 11.8 Å². The molecule has 0 saturated heterocycles. The summed E-state index contributed by atoms with van der Waals surface area (Å²) in [6, 6.07) is 8.36. The number of nitrogens with two attached hydrogens (primary N) is 1. The van der Waals surface area contributed by atoms with Gasteiger partial charge in [-0.05, 0) is 38.8 Å². The Morgan fingerprint density at radius 1 is 1.31 bits per heavy atom. The van der Waals surface area contributed by atoms with Gasteiger partial charge >= 0.3 is 0 Å². The van der Waals surface area contributed by atoms with Crippen LogP contribution in [-0.2, 0) is 5.75 Å². The first kappa shape index (κ1) is 13.1. The van der Waals surface area contributed by atoms with Crippen molar-refractivity contribution in [3.63, 3.8) is 0 Å². The maximum Gasteiger partial charge on any atom is 0.154 e. The van der Waals surface area contributed by atoms with Crippen molar-refractivity contribution in [2.75, 3.05) is 0 Å². The highest BCUT2D eigenvalue weighted by atomic mass is 32.2. The largest absolute Gasteiger partial charge is 0.379 e. The van der Waals surface area contributed by atoms with Gasteiger partial charge in [-0.15, -0.1) is 0 Å². The minimum absolute atomic E-state index is 0.0944. The van der Waals surface area contributed by atoms with Crippen molar-refractivity contribution < 1.29 is 0 Å². The fraction of sp³-hybridized carbons (Fsp3) is 0.462. The van der Waals surface area contributed by atoms with Gasteiger partial charge < -0.3 is 5.73 Å². The van der Waals surface area contributed by atoms with Crippen molar-refractivity contribution in [3.05, 3.63) is 35.4 Å².